The van der Waals surface area contributed by atoms with Gasteiger partial charge in [0.2, 0.25) is 0 Å². The summed E-state index contributed by atoms with van der Waals surface area (Å²) in [4.78, 5) is 14.4. The van der Waals surface area contributed by atoms with Crippen molar-refractivity contribution in [1.29, 1.82) is 0 Å². The average Bonchev–Trinajstić information content (AvgIpc) is 2.27. The van der Waals surface area contributed by atoms with Gasteiger partial charge in [-0.15, -0.1) is 0 Å². The zero-order chi connectivity index (χ0) is 14.5. The van der Waals surface area contributed by atoms with Crippen LogP contribution in [0.1, 0.15) is 17.8 Å². The molecule has 0 saturated heterocycles. The molecular formula is C12H12F3NO3. The maximum atomic E-state index is 12.0. The number of aromatic nitrogens is 1. The van der Waals surface area contributed by atoms with Gasteiger partial charge in [0.15, 0.2) is 0 Å². The fraction of sp³-hybridized carbons (Fsp3) is 0.333. The first-order valence-electron chi connectivity index (χ1n) is 5.36. The van der Waals surface area contributed by atoms with Gasteiger partial charge in [-0.1, -0.05) is 0 Å². The summed E-state index contributed by atoms with van der Waals surface area (Å²) in [5.74, 6) is -1.06. The summed E-state index contributed by atoms with van der Waals surface area (Å²) in [5, 5.41) is 8.51. The lowest BCUT2D eigenvalue weighted by Crippen LogP contribution is -2.13. The monoisotopic (exact) mass is 275 g/mol. The molecule has 4 nitrogen and oxygen atoms in total. The quantitative estimate of drug-likeness (QED) is 0.839. The van der Waals surface area contributed by atoms with Crippen molar-refractivity contribution in [3.63, 3.8) is 0 Å². The lowest BCUT2D eigenvalue weighted by molar-refractivity contribution is -0.139. The van der Waals surface area contributed by atoms with Gasteiger partial charge in [0.05, 0.1) is 13.0 Å². The summed E-state index contributed by atoms with van der Waals surface area (Å²) in [7, 11) is 0. The predicted octanol–water partition coefficient (Wildman–Crippen LogP) is 2.82. The minimum atomic E-state index is -4.30. The lowest BCUT2D eigenvalue weighted by Gasteiger charge is -2.10. The Morgan fingerprint density at radius 1 is 1.47 bits per heavy atom. The summed E-state index contributed by atoms with van der Waals surface area (Å²) < 4.78 is 40.9. The Labute approximate surface area is 107 Å². The van der Waals surface area contributed by atoms with Gasteiger partial charge in [0.25, 0.3) is 0 Å². The molecule has 0 saturated carbocycles. The number of carbonyl (C=O) groups is 1. The molecule has 0 aromatic carbocycles. The normalized spacial score (nSPS) is 11.8. The largest absolute Gasteiger partial charge is 0.491 e. The third-order valence-electron chi connectivity index (χ3n) is 2.05. The van der Waals surface area contributed by atoms with Crippen molar-refractivity contribution in [2.75, 3.05) is 6.61 Å². The van der Waals surface area contributed by atoms with Gasteiger partial charge in [0.1, 0.15) is 11.4 Å². The smallest absolute Gasteiger partial charge is 0.392 e. The number of hydrogen-bond donors (Lipinski definition) is 1. The zero-order valence-electron chi connectivity index (χ0n) is 10.1. The van der Waals surface area contributed by atoms with Crippen LogP contribution in [0.15, 0.2) is 18.2 Å². The molecule has 0 unspecified atom stereocenters. The highest BCUT2D eigenvalue weighted by molar-refractivity contribution is 5.85. The molecule has 0 aliphatic heterocycles. The van der Waals surface area contributed by atoms with Crippen LogP contribution in [0.5, 0.6) is 5.75 Å². The number of aryl methyl sites for hydroxylation is 1. The van der Waals surface area contributed by atoms with Crippen molar-refractivity contribution >= 4 is 12.0 Å². The molecule has 0 aliphatic carbocycles. The van der Waals surface area contributed by atoms with Crippen LogP contribution in [-0.2, 0) is 4.79 Å². The number of pyridine rings is 1. The highest BCUT2D eigenvalue weighted by Gasteiger charge is 2.27. The second-order valence-corrected chi connectivity index (χ2v) is 3.72. The molecule has 1 N–H and O–H groups in total. The zero-order valence-corrected chi connectivity index (χ0v) is 10.1. The topological polar surface area (TPSA) is 59.4 Å². The number of nitrogens with zero attached hydrogens (tertiary/aromatic N) is 1. The van der Waals surface area contributed by atoms with Gasteiger partial charge in [-0.25, -0.2) is 9.78 Å². The highest BCUT2D eigenvalue weighted by atomic mass is 19.4. The molecule has 1 aromatic rings. The Kier molecular flexibility index (Phi) is 4.91. The molecule has 0 spiro atoms. The third kappa shape index (κ3) is 5.89. The number of rotatable bonds is 5. The molecule has 1 rings (SSSR count). The third-order valence-corrected chi connectivity index (χ3v) is 2.05. The van der Waals surface area contributed by atoms with E-state index in [0.29, 0.717) is 5.69 Å². The van der Waals surface area contributed by atoms with E-state index in [-0.39, 0.29) is 11.4 Å². The minimum absolute atomic E-state index is 0.118. The van der Waals surface area contributed by atoms with E-state index < -0.39 is 25.2 Å². The standard InChI is InChI=1S/C12H12F3NO3/c1-8-2-4-10(19-7-6-12(13,14)15)9(16-8)3-5-11(17)18/h2-5H,6-7H2,1H3,(H,17,18)/b5-3+. The number of carboxylic acids is 1. The van der Waals surface area contributed by atoms with Gasteiger partial charge in [-0.3, -0.25) is 0 Å². The molecule has 19 heavy (non-hydrogen) atoms. The Morgan fingerprint density at radius 2 is 2.16 bits per heavy atom. The summed E-state index contributed by atoms with van der Waals surface area (Å²) >= 11 is 0. The van der Waals surface area contributed by atoms with Crippen LogP contribution in [0.4, 0.5) is 13.2 Å². The Morgan fingerprint density at radius 3 is 2.74 bits per heavy atom. The molecule has 0 fully saturated rings. The highest BCUT2D eigenvalue weighted by Crippen LogP contribution is 2.22. The van der Waals surface area contributed by atoms with E-state index in [4.69, 9.17) is 9.84 Å². The molecule has 104 valence electrons. The number of aliphatic carboxylic acids is 1. The van der Waals surface area contributed by atoms with Crippen LogP contribution in [-0.4, -0.2) is 28.8 Å². The van der Waals surface area contributed by atoms with Gasteiger partial charge in [-0.05, 0) is 25.1 Å². The van der Waals surface area contributed by atoms with E-state index in [1.165, 1.54) is 12.1 Å². The van der Waals surface area contributed by atoms with Crippen molar-refractivity contribution in [2.24, 2.45) is 0 Å². The number of halogens is 3. The number of ether oxygens (including phenoxy) is 1. The average molecular weight is 275 g/mol. The van der Waals surface area contributed by atoms with Crippen LogP contribution in [0, 0.1) is 6.92 Å². The van der Waals surface area contributed by atoms with Crippen molar-refractivity contribution in [2.45, 2.75) is 19.5 Å². The number of hydrogen-bond acceptors (Lipinski definition) is 3. The van der Waals surface area contributed by atoms with Crippen molar-refractivity contribution in [3.05, 3.63) is 29.6 Å². The summed E-state index contributed by atoms with van der Waals surface area (Å²) in [6.07, 6.45) is -3.35. The van der Waals surface area contributed by atoms with E-state index in [1.807, 2.05) is 0 Å². The Bertz CT molecular complexity index is 484. The molecule has 0 bridgehead atoms. The van der Waals surface area contributed by atoms with E-state index in [1.54, 1.807) is 13.0 Å². The second kappa shape index (κ2) is 6.21. The number of carboxylic acid groups (broad SMARTS) is 1. The first-order chi connectivity index (χ1) is 8.78. The van der Waals surface area contributed by atoms with Gasteiger partial charge in [0, 0.05) is 11.8 Å². The molecule has 7 heteroatoms. The SMILES string of the molecule is Cc1ccc(OCCC(F)(F)F)c(/C=C/C(=O)O)n1. The maximum absolute atomic E-state index is 12.0. The van der Waals surface area contributed by atoms with Gasteiger partial charge in [-0.2, -0.15) is 13.2 Å². The van der Waals surface area contributed by atoms with Gasteiger partial charge < -0.3 is 9.84 Å². The van der Waals surface area contributed by atoms with Crippen LogP contribution < -0.4 is 4.74 Å². The van der Waals surface area contributed by atoms with E-state index in [2.05, 4.69) is 4.98 Å². The van der Waals surface area contributed by atoms with Crippen molar-refractivity contribution in [1.82, 2.24) is 4.98 Å². The van der Waals surface area contributed by atoms with Crippen LogP contribution in [0.25, 0.3) is 6.08 Å². The second-order valence-electron chi connectivity index (χ2n) is 3.72. The molecule has 0 amide bonds. The van der Waals surface area contributed by atoms with Crippen LogP contribution in [0.2, 0.25) is 0 Å². The first-order valence-corrected chi connectivity index (χ1v) is 5.36. The summed E-state index contributed by atoms with van der Waals surface area (Å²) in [5.41, 5.74) is 0.790. The van der Waals surface area contributed by atoms with Crippen LogP contribution in [0.3, 0.4) is 0 Å². The van der Waals surface area contributed by atoms with Crippen LogP contribution >= 0.6 is 0 Å². The minimum Gasteiger partial charge on any atom is -0.491 e. The maximum Gasteiger partial charge on any atom is 0.392 e. The van der Waals surface area contributed by atoms with E-state index in [0.717, 1.165) is 6.08 Å². The molecule has 0 radical (unpaired) electrons. The molecular weight excluding hydrogens is 263 g/mol. The Hall–Kier alpha value is -2.05. The molecule has 0 atom stereocenters. The fourth-order valence-corrected chi connectivity index (χ4v) is 1.23. The first kappa shape index (κ1) is 15.0. The fourth-order valence-electron chi connectivity index (χ4n) is 1.23. The predicted molar refractivity (Wildman–Crippen MR) is 61.8 cm³/mol. The lowest BCUT2D eigenvalue weighted by atomic mass is 10.2. The summed E-state index contributed by atoms with van der Waals surface area (Å²) in [6.45, 7) is 1.14. The molecule has 1 heterocycles. The van der Waals surface area contributed by atoms with Gasteiger partial charge >= 0.3 is 12.1 Å². The molecule has 1 aromatic heterocycles. The van der Waals surface area contributed by atoms with Crippen molar-refractivity contribution in [3.8, 4) is 5.75 Å². The van der Waals surface area contributed by atoms with E-state index in [9.17, 15) is 18.0 Å². The number of alkyl halides is 3. The van der Waals surface area contributed by atoms with E-state index >= 15 is 0 Å². The van der Waals surface area contributed by atoms with Crippen molar-refractivity contribution < 1.29 is 27.8 Å². The molecule has 0 aliphatic rings. The Balaban J connectivity index is 2.79. The summed E-state index contributed by atoms with van der Waals surface area (Å²) in [6, 6.07) is 3.03.